The van der Waals surface area contributed by atoms with Gasteiger partial charge < -0.3 is 14.5 Å². The Morgan fingerprint density at radius 2 is 1.53 bits per heavy atom. The van der Waals surface area contributed by atoms with E-state index < -0.39 is 16.0 Å². The molecule has 162 valence electrons. The van der Waals surface area contributed by atoms with E-state index >= 15 is 0 Å². The van der Waals surface area contributed by atoms with E-state index in [1.54, 1.807) is 5.38 Å². The lowest BCUT2D eigenvalue weighted by molar-refractivity contribution is 0.0602. The van der Waals surface area contributed by atoms with E-state index in [1.807, 2.05) is 17.0 Å². The van der Waals surface area contributed by atoms with Crippen LogP contribution in [0.5, 0.6) is 0 Å². The molecule has 0 radical (unpaired) electrons. The largest absolute Gasteiger partial charge is 0.465 e. The van der Waals surface area contributed by atoms with E-state index in [4.69, 9.17) is 4.74 Å². The number of hydrogen-bond acceptors (Lipinski definition) is 9. The van der Waals surface area contributed by atoms with Gasteiger partial charge in [-0.1, -0.05) is 0 Å². The Labute approximate surface area is 180 Å². The Morgan fingerprint density at radius 3 is 2.10 bits per heavy atom. The monoisotopic (exact) mass is 451 g/mol. The van der Waals surface area contributed by atoms with Crippen molar-refractivity contribution in [2.45, 2.75) is 24.2 Å². The molecule has 2 aromatic heterocycles. The molecule has 0 spiro atoms. The smallest absolute Gasteiger partial charge is 0.349 e. The first-order valence-corrected chi connectivity index (χ1v) is 12.3. The molecule has 0 saturated carbocycles. The first-order valence-electron chi connectivity index (χ1n) is 10.0. The van der Waals surface area contributed by atoms with Crippen molar-refractivity contribution < 1.29 is 17.9 Å². The van der Waals surface area contributed by atoms with Gasteiger partial charge in [-0.05, 0) is 42.8 Å². The molecular formula is C19H25N5O4S2. The maximum Gasteiger partial charge on any atom is 0.349 e. The number of aromatic nitrogens is 2. The van der Waals surface area contributed by atoms with E-state index in [0.29, 0.717) is 26.2 Å². The van der Waals surface area contributed by atoms with Crippen molar-refractivity contribution in [3.8, 4) is 0 Å². The third-order valence-corrected chi connectivity index (χ3v) is 8.46. The summed E-state index contributed by atoms with van der Waals surface area (Å²) in [5.74, 6) is 1.01. The number of ether oxygens (including phenoxy) is 1. The number of anilines is 2. The molecule has 11 heteroatoms. The molecule has 0 amide bonds. The van der Waals surface area contributed by atoms with Gasteiger partial charge in [-0.15, -0.1) is 21.5 Å². The van der Waals surface area contributed by atoms with Crippen molar-refractivity contribution in [1.29, 1.82) is 0 Å². The number of hydrogen-bond donors (Lipinski definition) is 0. The van der Waals surface area contributed by atoms with E-state index in [9.17, 15) is 13.2 Å². The van der Waals surface area contributed by atoms with Gasteiger partial charge in [0.2, 0.25) is 10.0 Å². The Kier molecular flexibility index (Phi) is 6.21. The molecule has 0 aromatic carbocycles. The molecule has 2 fully saturated rings. The van der Waals surface area contributed by atoms with Crippen LogP contribution in [0.25, 0.3) is 0 Å². The minimum absolute atomic E-state index is 0.0125. The maximum absolute atomic E-state index is 13.0. The van der Waals surface area contributed by atoms with Crippen LogP contribution in [-0.4, -0.2) is 75.3 Å². The SMILES string of the molecule is COC(=O)c1sccc1S(=O)(=O)N1CCN(c2ccc(N3CCCCC3)nn2)CC1. The number of sulfonamides is 1. The number of nitrogens with zero attached hydrogens (tertiary/aromatic N) is 5. The summed E-state index contributed by atoms with van der Waals surface area (Å²) in [5, 5.41) is 10.3. The summed E-state index contributed by atoms with van der Waals surface area (Å²) in [4.78, 5) is 16.3. The number of piperidine rings is 1. The van der Waals surface area contributed by atoms with Crippen LogP contribution in [-0.2, 0) is 14.8 Å². The lowest BCUT2D eigenvalue weighted by Crippen LogP contribution is -2.49. The van der Waals surface area contributed by atoms with Gasteiger partial charge in [0.1, 0.15) is 9.77 Å². The molecule has 0 bridgehead atoms. The van der Waals surface area contributed by atoms with Crippen molar-refractivity contribution in [2.24, 2.45) is 0 Å². The Balaban J connectivity index is 1.41. The predicted molar refractivity (Wildman–Crippen MR) is 115 cm³/mol. The molecule has 30 heavy (non-hydrogen) atoms. The number of piperazine rings is 1. The number of methoxy groups -OCH3 is 1. The van der Waals surface area contributed by atoms with Gasteiger partial charge in [-0.3, -0.25) is 0 Å². The van der Waals surface area contributed by atoms with Crippen molar-refractivity contribution >= 4 is 39.0 Å². The first-order chi connectivity index (χ1) is 14.5. The average Bonchev–Trinajstić information content (AvgIpc) is 3.30. The first kappa shape index (κ1) is 21.0. The number of rotatable bonds is 5. The van der Waals surface area contributed by atoms with Gasteiger partial charge in [-0.25, -0.2) is 13.2 Å². The zero-order valence-corrected chi connectivity index (χ0v) is 18.5. The highest BCUT2D eigenvalue weighted by Crippen LogP contribution is 2.27. The Hall–Kier alpha value is -2.24. The lowest BCUT2D eigenvalue weighted by Gasteiger charge is -2.34. The Bertz CT molecular complexity index is 979. The van der Waals surface area contributed by atoms with Crippen LogP contribution in [0, 0.1) is 0 Å². The Morgan fingerprint density at radius 1 is 0.933 bits per heavy atom. The molecule has 4 heterocycles. The van der Waals surface area contributed by atoms with Gasteiger partial charge in [0.25, 0.3) is 0 Å². The molecule has 9 nitrogen and oxygen atoms in total. The minimum Gasteiger partial charge on any atom is -0.465 e. The van der Waals surface area contributed by atoms with Crippen LogP contribution in [0.15, 0.2) is 28.5 Å². The second kappa shape index (κ2) is 8.86. The summed E-state index contributed by atoms with van der Waals surface area (Å²) in [6.07, 6.45) is 3.63. The summed E-state index contributed by atoms with van der Waals surface area (Å²) in [7, 11) is -2.51. The van der Waals surface area contributed by atoms with Crippen molar-refractivity contribution in [3.63, 3.8) is 0 Å². The summed E-state index contributed by atoms with van der Waals surface area (Å²) >= 11 is 1.07. The molecule has 2 aromatic rings. The zero-order chi connectivity index (χ0) is 21.1. The minimum atomic E-state index is -3.76. The van der Waals surface area contributed by atoms with E-state index in [0.717, 1.165) is 36.1 Å². The molecule has 2 saturated heterocycles. The predicted octanol–water partition coefficient (Wildman–Crippen LogP) is 1.83. The molecule has 0 N–H and O–H groups in total. The highest BCUT2D eigenvalue weighted by Gasteiger charge is 2.33. The van der Waals surface area contributed by atoms with Crippen molar-refractivity contribution in [2.75, 3.05) is 56.2 Å². The number of thiophene rings is 1. The third kappa shape index (κ3) is 4.14. The summed E-state index contributed by atoms with van der Waals surface area (Å²) in [6.45, 7) is 3.67. The fraction of sp³-hybridized carbons (Fsp3) is 0.526. The maximum atomic E-state index is 13.0. The lowest BCUT2D eigenvalue weighted by atomic mass is 10.1. The number of esters is 1. The quantitative estimate of drug-likeness (QED) is 0.636. The molecule has 2 aliphatic rings. The molecule has 2 aliphatic heterocycles. The molecule has 0 atom stereocenters. The van der Waals surface area contributed by atoms with Gasteiger partial charge >= 0.3 is 5.97 Å². The molecular weight excluding hydrogens is 426 g/mol. The second-order valence-corrected chi connectivity index (χ2v) is 10.1. The van der Waals surface area contributed by atoms with Crippen LogP contribution in [0.4, 0.5) is 11.6 Å². The van der Waals surface area contributed by atoms with Crippen LogP contribution in [0.2, 0.25) is 0 Å². The fourth-order valence-corrected chi connectivity index (χ4v) is 6.55. The van der Waals surface area contributed by atoms with Crippen LogP contribution in [0.3, 0.4) is 0 Å². The van der Waals surface area contributed by atoms with Crippen LogP contribution < -0.4 is 9.80 Å². The van der Waals surface area contributed by atoms with E-state index in [2.05, 4.69) is 15.1 Å². The van der Waals surface area contributed by atoms with Crippen LogP contribution >= 0.6 is 11.3 Å². The highest BCUT2D eigenvalue weighted by atomic mass is 32.2. The van der Waals surface area contributed by atoms with Gasteiger partial charge in [0.05, 0.1) is 7.11 Å². The summed E-state index contributed by atoms with van der Waals surface area (Å²) < 4.78 is 32.2. The standard InChI is InChI=1S/C19H25N5O4S2/c1-28-19(25)18-15(7-14-29-18)30(26,27)24-12-10-23(11-13-24)17-6-5-16(20-21-17)22-8-3-2-4-9-22/h5-7,14H,2-4,8-13H2,1H3. The van der Waals surface area contributed by atoms with E-state index in [-0.39, 0.29) is 9.77 Å². The molecule has 0 aliphatic carbocycles. The average molecular weight is 452 g/mol. The van der Waals surface area contributed by atoms with Gasteiger partial charge in [-0.2, -0.15) is 4.31 Å². The fourth-order valence-electron chi connectivity index (χ4n) is 3.82. The van der Waals surface area contributed by atoms with Gasteiger partial charge in [0.15, 0.2) is 11.6 Å². The van der Waals surface area contributed by atoms with Crippen molar-refractivity contribution in [1.82, 2.24) is 14.5 Å². The normalized spacial score (nSPS) is 18.4. The third-order valence-electron chi connectivity index (χ3n) is 5.50. The molecule has 0 unspecified atom stereocenters. The topological polar surface area (TPSA) is 95.9 Å². The van der Waals surface area contributed by atoms with Gasteiger partial charge in [0, 0.05) is 39.3 Å². The van der Waals surface area contributed by atoms with E-state index in [1.165, 1.54) is 36.7 Å². The number of carbonyl (C=O) groups excluding carboxylic acids is 1. The second-order valence-electron chi connectivity index (χ2n) is 7.29. The van der Waals surface area contributed by atoms with Crippen molar-refractivity contribution in [3.05, 3.63) is 28.5 Å². The zero-order valence-electron chi connectivity index (χ0n) is 16.9. The molecule has 4 rings (SSSR count). The highest BCUT2D eigenvalue weighted by molar-refractivity contribution is 7.89. The van der Waals surface area contributed by atoms with Crippen LogP contribution in [0.1, 0.15) is 28.9 Å². The summed E-state index contributed by atoms with van der Waals surface area (Å²) in [6, 6.07) is 5.41. The number of carbonyl (C=O) groups is 1. The summed E-state index contributed by atoms with van der Waals surface area (Å²) in [5.41, 5.74) is 0.